The lowest BCUT2D eigenvalue weighted by Crippen LogP contribution is -2.52. The van der Waals surface area contributed by atoms with Crippen LogP contribution in [0.2, 0.25) is 0 Å². The second-order valence-corrected chi connectivity index (χ2v) is 4.58. The average molecular weight is 222 g/mol. The number of rotatable bonds is 2. The Hall–Kier alpha value is -1.16. The number of nitrogens with zero attached hydrogens (tertiary/aromatic N) is 2. The molecule has 3 aliphatic heterocycles. The van der Waals surface area contributed by atoms with Gasteiger partial charge < -0.3 is 4.74 Å². The van der Waals surface area contributed by atoms with Gasteiger partial charge >= 0.3 is 0 Å². The van der Waals surface area contributed by atoms with E-state index < -0.39 is 0 Å². The summed E-state index contributed by atoms with van der Waals surface area (Å²) in [5.74, 6) is 0.367. The van der Waals surface area contributed by atoms with Crippen LogP contribution >= 0.6 is 0 Å². The number of hydrogen-bond donors (Lipinski definition) is 0. The molecule has 1 aromatic heterocycles. The van der Waals surface area contributed by atoms with Gasteiger partial charge in [0.2, 0.25) is 0 Å². The highest BCUT2D eigenvalue weighted by atomic mass is 19.1. The second-order valence-electron chi connectivity index (χ2n) is 4.58. The number of pyridine rings is 1. The highest BCUT2D eigenvalue weighted by Crippen LogP contribution is 2.30. The molecule has 2 bridgehead atoms. The molecule has 86 valence electrons. The molecule has 16 heavy (non-hydrogen) atoms. The van der Waals surface area contributed by atoms with Crippen LogP contribution in [0.25, 0.3) is 0 Å². The van der Waals surface area contributed by atoms with Gasteiger partial charge in [0.1, 0.15) is 6.10 Å². The Morgan fingerprint density at radius 2 is 2.19 bits per heavy atom. The van der Waals surface area contributed by atoms with Crippen molar-refractivity contribution >= 4 is 0 Å². The fourth-order valence-corrected chi connectivity index (χ4v) is 2.65. The summed E-state index contributed by atoms with van der Waals surface area (Å²) in [5, 5.41) is 0. The van der Waals surface area contributed by atoms with Crippen LogP contribution in [-0.4, -0.2) is 35.6 Å². The molecule has 3 fully saturated rings. The Kier molecular flexibility index (Phi) is 2.52. The molecule has 0 radical (unpaired) electrons. The molecular formula is C12H15FN2O. The van der Waals surface area contributed by atoms with Crippen molar-refractivity contribution < 1.29 is 9.13 Å². The number of hydrogen-bond acceptors (Lipinski definition) is 3. The second kappa shape index (κ2) is 4.01. The Morgan fingerprint density at radius 1 is 1.38 bits per heavy atom. The zero-order valence-electron chi connectivity index (χ0n) is 9.10. The lowest BCUT2D eigenvalue weighted by atomic mass is 9.86. The van der Waals surface area contributed by atoms with Crippen molar-refractivity contribution in [1.82, 2.24) is 9.88 Å². The van der Waals surface area contributed by atoms with E-state index in [-0.39, 0.29) is 17.8 Å². The molecule has 0 aliphatic carbocycles. The van der Waals surface area contributed by atoms with Gasteiger partial charge in [-0.15, -0.1) is 0 Å². The van der Waals surface area contributed by atoms with Crippen LogP contribution < -0.4 is 4.74 Å². The fraction of sp³-hybridized carbons (Fsp3) is 0.583. The maximum absolute atomic E-state index is 13.4. The molecular weight excluding hydrogens is 207 g/mol. The topological polar surface area (TPSA) is 25.4 Å². The van der Waals surface area contributed by atoms with E-state index >= 15 is 0 Å². The summed E-state index contributed by atoms with van der Waals surface area (Å²) in [6.07, 6.45) is 4.02. The van der Waals surface area contributed by atoms with E-state index in [1.807, 2.05) is 0 Å². The van der Waals surface area contributed by atoms with E-state index in [1.54, 1.807) is 12.3 Å². The first-order valence-corrected chi connectivity index (χ1v) is 5.82. The predicted octanol–water partition coefficient (Wildman–Crippen LogP) is 1.69. The van der Waals surface area contributed by atoms with E-state index in [0.717, 1.165) is 19.6 Å². The first-order chi connectivity index (χ1) is 7.83. The largest absolute Gasteiger partial charge is 0.471 e. The highest BCUT2D eigenvalue weighted by molar-refractivity contribution is 5.13. The van der Waals surface area contributed by atoms with E-state index in [4.69, 9.17) is 4.74 Å². The van der Waals surface area contributed by atoms with Gasteiger partial charge in [0.15, 0.2) is 5.82 Å². The fourth-order valence-electron chi connectivity index (χ4n) is 2.65. The Balaban J connectivity index is 1.73. The molecule has 1 unspecified atom stereocenters. The molecule has 4 heteroatoms. The Morgan fingerprint density at radius 3 is 2.81 bits per heavy atom. The number of ether oxygens (including phenoxy) is 1. The zero-order chi connectivity index (χ0) is 11.0. The number of piperidine rings is 3. The van der Waals surface area contributed by atoms with E-state index in [0.29, 0.717) is 5.92 Å². The summed E-state index contributed by atoms with van der Waals surface area (Å²) in [4.78, 5) is 6.32. The molecule has 1 atom stereocenters. The smallest absolute Gasteiger partial charge is 0.250 e. The van der Waals surface area contributed by atoms with Crippen LogP contribution in [0, 0.1) is 11.7 Å². The standard InChI is InChI=1S/C12H15FN2O/c13-10-2-1-5-14-12(10)16-11-8-15-6-3-9(11)4-7-15/h1-2,5,9,11H,3-4,6-8H2. The van der Waals surface area contributed by atoms with Crippen LogP contribution in [0.1, 0.15) is 12.8 Å². The van der Waals surface area contributed by atoms with Crippen LogP contribution in [0.5, 0.6) is 5.88 Å². The molecule has 3 saturated heterocycles. The Labute approximate surface area is 94.2 Å². The maximum atomic E-state index is 13.4. The summed E-state index contributed by atoms with van der Waals surface area (Å²) in [7, 11) is 0. The van der Waals surface area contributed by atoms with Crippen LogP contribution in [0.3, 0.4) is 0 Å². The summed E-state index contributed by atoms with van der Waals surface area (Å²) in [6.45, 7) is 3.24. The van der Waals surface area contributed by atoms with Gasteiger partial charge in [-0.2, -0.15) is 0 Å². The van der Waals surface area contributed by atoms with Gasteiger partial charge in [-0.05, 0) is 44.0 Å². The summed E-state index contributed by atoms with van der Waals surface area (Å²) < 4.78 is 19.1. The van der Waals surface area contributed by atoms with Gasteiger partial charge in [-0.3, -0.25) is 4.90 Å². The van der Waals surface area contributed by atoms with Gasteiger partial charge in [0.25, 0.3) is 5.88 Å². The minimum absolute atomic E-state index is 0.117. The first kappa shape index (κ1) is 10.0. The normalized spacial score (nSPS) is 32.7. The number of aromatic nitrogens is 1. The average Bonchev–Trinajstić information content (AvgIpc) is 2.34. The predicted molar refractivity (Wildman–Crippen MR) is 57.8 cm³/mol. The minimum atomic E-state index is -0.362. The molecule has 1 aromatic rings. The molecule has 4 heterocycles. The minimum Gasteiger partial charge on any atom is -0.471 e. The third-order valence-electron chi connectivity index (χ3n) is 3.58. The molecule has 3 aliphatic rings. The SMILES string of the molecule is Fc1cccnc1OC1CN2CCC1CC2. The number of fused-ring (bicyclic) bond motifs is 3. The lowest BCUT2D eigenvalue weighted by Gasteiger charge is -2.44. The highest BCUT2D eigenvalue weighted by Gasteiger charge is 2.36. The molecule has 3 nitrogen and oxygen atoms in total. The molecule has 0 saturated carbocycles. The summed E-state index contributed by atoms with van der Waals surface area (Å²) in [6, 6.07) is 2.97. The van der Waals surface area contributed by atoms with Gasteiger partial charge in [-0.25, -0.2) is 9.37 Å². The molecule has 0 aromatic carbocycles. The van der Waals surface area contributed by atoms with Crippen LogP contribution in [0.15, 0.2) is 18.3 Å². The van der Waals surface area contributed by atoms with Crippen molar-refractivity contribution in [3.63, 3.8) is 0 Å². The van der Waals surface area contributed by atoms with Crippen molar-refractivity contribution in [3.05, 3.63) is 24.1 Å². The number of halogens is 1. The third-order valence-corrected chi connectivity index (χ3v) is 3.58. The molecule has 0 spiro atoms. The molecule has 0 amide bonds. The van der Waals surface area contributed by atoms with Crippen molar-refractivity contribution in [2.45, 2.75) is 18.9 Å². The molecule has 0 N–H and O–H groups in total. The van der Waals surface area contributed by atoms with E-state index in [9.17, 15) is 4.39 Å². The van der Waals surface area contributed by atoms with Crippen LogP contribution in [0.4, 0.5) is 4.39 Å². The van der Waals surface area contributed by atoms with Crippen molar-refractivity contribution in [3.8, 4) is 5.88 Å². The van der Waals surface area contributed by atoms with Gasteiger partial charge in [0, 0.05) is 12.7 Å². The van der Waals surface area contributed by atoms with Crippen molar-refractivity contribution in [2.75, 3.05) is 19.6 Å². The summed E-state index contributed by atoms with van der Waals surface area (Å²) >= 11 is 0. The van der Waals surface area contributed by atoms with Gasteiger partial charge in [0.05, 0.1) is 0 Å². The lowest BCUT2D eigenvalue weighted by molar-refractivity contribution is -0.0118. The van der Waals surface area contributed by atoms with Crippen molar-refractivity contribution in [2.24, 2.45) is 5.92 Å². The quantitative estimate of drug-likeness (QED) is 0.761. The van der Waals surface area contributed by atoms with Crippen molar-refractivity contribution in [1.29, 1.82) is 0 Å². The first-order valence-electron chi connectivity index (χ1n) is 5.82. The van der Waals surface area contributed by atoms with Gasteiger partial charge in [-0.1, -0.05) is 0 Å². The zero-order valence-corrected chi connectivity index (χ0v) is 9.10. The third kappa shape index (κ3) is 1.78. The summed E-state index contributed by atoms with van der Waals surface area (Å²) in [5.41, 5.74) is 0. The Bertz CT molecular complexity index is 377. The maximum Gasteiger partial charge on any atom is 0.250 e. The van der Waals surface area contributed by atoms with E-state index in [2.05, 4.69) is 9.88 Å². The van der Waals surface area contributed by atoms with Crippen LogP contribution in [-0.2, 0) is 0 Å². The molecule has 4 rings (SSSR count). The monoisotopic (exact) mass is 222 g/mol. The van der Waals surface area contributed by atoms with E-state index in [1.165, 1.54) is 18.9 Å².